The van der Waals surface area contributed by atoms with Crippen LogP contribution in [0.2, 0.25) is 0 Å². The molecule has 3 rings (SSSR count). The molecule has 2 aromatic carbocycles. The van der Waals surface area contributed by atoms with Gasteiger partial charge in [0.2, 0.25) is 0 Å². The summed E-state index contributed by atoms with van der Waals surface area (Å²) in [5, 5.41) is 17.9. The third-order valence-electron chi connectivity index (χ3n) is 3.89. The van der Waals surface area contributed by atoms with Gasteiger partial charge >= 0.3 is 0 Å². The number of nitrogens with one attached hydrogen (secondary N) is 2. The number of guanidine groups is 1. The number of aliphatic hydroxyl groups excluding tert-OH is 1. The Balaban J connectivity index is 0.00000261. The summed E-state index contributed by atoms with van der Waals surface area (Å²) in [6.45, 7) is 3.39. The van der Waals surface area contributed by atoms with E-state index in [0.29, 0.717) is 25.6 Å². The number of halogens is 2. The lowest BCUT2D eigenvalue weighted by Crippen LogP contribution is -2.39. The van der Waals surface area contributed by atoms with Crippen molar-refractivity contribution in [3.8, 4) is 0 Å². The van der Waals surface area contributed by atoms with E-state index in [1.54, 1.807) is 17.4 Å². The Morgan fingerprint density at radius 3 is 2.70 bits per heavy atom. The van der Waals surface area contributed by atoms with Crippen molar-refractivity contribution >= 4 is 51.4 Å². The second-order valence-electron chi connectivity index (χ2n) is 5.91. The average molecular weight is 499 g/mol. The van der Waals surface area contributed by atoms with Gasteiger partial charge in [-0.3, -0.25) is 0 Å². The van der Waals surface area contributed by atoms with Gasteiger partial charge in [0.1, 0.15) is 11.9 Å². The average Bonchev–Trinajstić information content (AvgIpc) is 3.08. The van der Waals surface area contributed by atoms with Gasteiger partial charge in [0, 0.05) is 22.7 Å². The maximum Gasteiger partial charge on any atom is 0.191 e. The quantitative estimate of drug-likeness (QED) is 0.267. The van der Waals surface area contributed by atoms with E-state index < -0.39 is 6.10 Å². The summed E-state index contributed by atoms with van der Waals surface area (Å²) in [4.78, 5) is 5.37. The molecule has 1 heterocycles. The first-order valence-corrected chi connectivity index (χ1v) is 9.40. The Bertz CT molecular complexity index is 867. The molecule has 1 unspecified atom stereocenters. The fourth-order valence-corrected chi connectivity index (χ4v) is 3.66. The van der Waals surface area contributed by atoms with Crippen LogP contribution in [-0.2, 0) is 6.54 Å². The van der Waals surface area contributed by atoms with Crippen molar-refractivity contribution in [2.24, 2.45) is 4.99 Å². The first kappa shape index (κ1) is 21.6. The number of aliphatic hydroxyl groups is 1. The van der Waals surface area contributed by atoms with Crippen LogP contribution in [0.4, 0.5) is 4.39 Å². The Morgan fingerprint density at radius 2 is 1.96 bits per heavy atom. The molecule has 0 amide bonds. The van der Waals surface area contributed by atoms with Gasteiger partial charge in [-0.05, 0) is 42.1 Å². The Morgan fingerprint density at radius 1 is 1.15 bits per heavy atom. The molecule has 4 nitrogen and oxygen atoms in total. The van der Waals surface area contributed by atoms with Crippen LogP contribution in [0.5, 0.6) is 0 Å². The zero-order valence-corrected chi connectivity index (χ0v) is 18.1. The van der Waals surface area contributed by atoms with Crippen LogP contribution < -0.4 is 10.6 Å². The Hall–Kier alpha value is -1.71. The molecule has 3 N–H and O–H groups in total. The van der Waals surface area contributed by atoms with Crippen molar-refractivity contribution in [3.63, 3.8) is 0 Å². The molecule has 0 spiro atoms. The van der Waals surface area contributed by atoms with Crippen LogP contribution in [0.1, 0.15) is 23.5 Å². The van der Waals surface area contributed by atoms with Crippen LogP contribution in [0.3, 0.4) is 0 Å². The molecule has 7 heteroatoms. The van der Waals surface area contributed by atoms with Crippen molar-refractivity contribution < 1.29 is 9.50 Å². The van der Waals surface area contributed by atoms with E-state index in [1.807, 2.05) is 43.3 Å². The molecule has 3 aromatic rings. The monoisotopic (exact) mass is 499 g/mol. The van der Waals surface area contributed by atoms with Crippen LogP contribution in [-0.4, -0.2) is 24.2 Å². The predicted molar refractivity (Wildman–Crippen MR) is 121 cm³/mol. The third-order valence-corrected chi connectivity index (χ3v) is 5.11. The van der Waals surface area contributed by atoms with E-state index in [-0.39, 0.29) is 29.8 Å². The molecule has 0 bridgehead atoms. The highest BCUT2D eigenvalue weighted by Gasteiger charge is 2.12. The van der Waals surface area contributed by atoms with Crippen molar-refractivity contribution in [1.29, 1.82) is 0 Å². The fraction of sp³-hybridized carbons (Fsp3) is 0.250. The largest absolute Gasteiger partial charge is 0.386 e. The molecule has 1 aromatic heterocycles. The van der Waals surface area contributed by atoms with Crippen molar-refractivity contribution in [1.82, 2.24) is 10.6 Å². The molecule has 0 saturated carbocycles. The standard InChI is InChI=1S/C20H22FN3OS.HI/c1-2-22-20(23-12-14-6-5-8-16(21)10-14)24-13-17(25)19-11-15-7-3-4-9-18(15)26-19;/h3-11,17,25H,2,12-13H2,1H3,(H2,22,23,24);1H. The lowest BCUT2D eigenvalue weighted by molar-refractivity contribution is 0.184. The summed E-state index contributed by atoms with van der Waals surface area (Å²) in [6.07, 6.45) is -0.620. The number of benzene rings is 2. The highest BCUT2D eigenvalue weighted by Crippen LogP contribution is 2.29. The second kappa shape index (κ2) is 10.6. The van der Waals surface area contributed by atoms with Gasteiger partial charge < -0.3 is 15.7 Å². The molecule has 0 aliphatic heterocycles. The smallest absolute Gasteiger partial charge is 0.191 e. The first-order valence-electron chi connectivity index (χ1n) is 8.59. The number of fused-ring (bicyclic) bond motifs is 1. The summed E-state index contributed by atoms with van der Waals surface area (Å²) in [7, 11) is 0. The van der Waals surface area contributed by atoms with E-state index in [0.717, 1.165) is 20.5 Å². The number of thiophene rings is 1. The SMILES string of the molecule is CCNC(=NCc1cccc(F)c1)NCC(O)c1cc2ccccc2s1.I. The van der Waals surface area contributed by atoms with Gasteiger partial charge in [0.05, 0.1) is 6.54 Å². The fourth-order valence-electron chi connectivity index (χ4n) is 2.61. The Labute approximate surface area is 179 Å². The number of nitrogens with zero attached hydrogens (tertiary/aromatic N) is 1. The van der Waals surface area contributed by atoms with Gasteiger partial charge in [0.15, 0.2) is 5.96 Å². The van der Waals surface area contributed by atoms with E-state index in [1.165, 1.54) is 12.1 Å². The van der Waals surface area contributed by atoms with Crippen LogP contribution in [0.15, 0.2) is 59.6 Å². The minimum atomic E-state index is -0.620. The number of aliphatic imine (C=N–C) groups is 1. The maximum absolute atomic E-state index is 13.3. The molecular weight excluding hydrogens is 476 g/mol. The summed E-state index contributed by atoms with van der Waals surface area (Å²) in [6, 6.07) is 16.5. The molecule has 0 saturated heterocycles. The Kier molecular flexibility index (Phi) is 8.46. The van der Waals surface area contributed by atoms with E-state index >= 15 is 0 Å². The number of hydrogen-bond donors (Lipinski definition) is 3. The van der Waals surface area contributed by atoms with Crippen molar-refractivity contribution in [2.45, 2.75) is 19.6 Å². The molecule has 27 heavy (non-hydrogen) atoms. The zero-order chi connectivity index (χ0) is 18.4. The van der Waals surface area contributed by atoms with E-state index in [4.69, 9.17) is 0 Å². The minimum absolute atomic E-state index is 0. The molecule has 0 aliphatic carbocycles. The van der Waals surface area contributed by atoms with E-state index in [2.05, 4.69) is 15.6 Å². The van der Waals surface area contributed by atoms with Crippen molar-refractivity contribution in [2.75, 3.05) is 13.1 Å². The first-order chi connectivity index (χ1) is 12.7. The highest BCUT2D eigenvalue weighted by atomic mass is 127. The molecular formula is C20H23FIN3OS. The van der Waals surface area contributed by atoms with Crippen LogP contribution >= 0.6 is 35.3 Å². The lowest BCUT2D eigenvalue weighted by Gasteiger charge is -2.14. The molecule has 0 radical (unpaired) electrons. The normalized spacial score (nSPS) is 12.5. The van der Waals surface area contributed by atoms with Gasteiger partial charge in [-0.1, -0.05) is 30.3 Å². The van der Waals surface area contributed by atoms with Crippen LogP contribution in [0.25, 0.3) is 10.1 Å². The molecule has 0 fully saturated rings. The van der Waals surface area contributed by atoms with E-state index in [9.17, 15) is 9.50 Å². The topological polar surface area (TPSA) is 56.7 Å². The third kappa shape index (κ3) is 6.15. The summed E-state index contributed by atoms with van der Waals surface area (Å²) in [5.41, 5.74) is 0.798. The summed E-state index contributed by atoms with van der Waals surface area (Å²) >= 11 is 1.59. The lowest BCUT2D eigenvalue weighted by atomic mass is 10.2. The zero-order valence-electron chi connectivity index (χ0n) is 15.0. The molecule has 1 atom stereocenters. The predicted octanol–water partition coefficient (Wildman–Crippen LogP) is 4.45. The summed E-state index contributed by atoms with van der Waals surface area (Å²) < 4.78 is 14.4. The van der Waals surface area contributed by atoms with Gasteiger partial charge in [-0.2, -0.15) is 0 Å². The summed E-state index contributed by atoms with van der Waals surface area (Å²) in [5.74, 6) is 0.327. The second-order valence-corrected chi connectivity index (χ2v) is 7.02. The minimum Gasteiger partial charge on any atom is -0.386 e. The van der Waals surface area contributed by atoms with Crippen LogP contribution in [0, 0.1) is 5.82 Å². The number of rotatable bonds is 6. The molecule has 0 aliphatic rings. The molecule has 144 valence electrons. The van der Waals surface area contributed by atoms with Gasteiger partial charge in [-0.25, -0.2) is 9.38 Å². The maximum atomic E-state index is 13.3. The van der Waals surface area contributed by atoms with Gasteiger partial charge in [-0.15, -0.1) is 35.3 Å². The van der Waals surface area contributed by atoms with Crippen molar-refractivity contribution in [3.05, 3.63) is 70.9 Å². The number of hydrogen-bond acceptors (Lipinski definition) is 3. The highest BCUT2D eigenvalue weighted by molar-refractivity contribution is 14.0. The van der Waals surface area contributed by atoms with Gasteiger partial charge in [0.25, 0.3) is 0 Å².